The smallest absolute Gasteiger partial charge is 0.234 e. The molecule has 1 aliphatic rings. The van der Waals surface area contributed by atoms with Crippen molar-refractivity contribution in [1.82, 2.24) is 4.90 Å². The fraction of sp³-hybridized carbons (Fsp3) is 0.375. The van der Waals surface area contributed by atoms with Gasteiger partial charge in [-0.15, -0.1) is 0 Å². The second-order valence-electron chi connectivity index (χ2n) is 4.85. The normalized spacial score (nSPS) is 19.2. The van der Waals surface area contributed by atoms with E-state index in [1.165, 1.54) is 0 Å². The maximum atomic E-state index is 12.3. The molecule has 0 radical (unpaired) electrons. The lowest BCUT2D eigenvalue weighted by Gasteiger charge is -2.21. The highest BCUT2D eigenvalue weighted by molar-refractivity contribution is 6.06. The van der Waals surface area contributed by atoms with Gasteiger partial charge in [0.25, 0.3) is 0 Å². The van der Waals surface area contributed by atoms with Crippen molar-refractivity contribution in [2.24, 2.45) is 5.92 Å². The summed E-state index contributed by atoms with van der Waals surface area (Å²) in [7, 11) is 0. The van der Waals surface area contributed by atoms with E-state index >= 15 is 0 Å². The van der Waals surface area contributed by atoms with Gasteiger partial charge < -0.3 is 4.90 Å². The van der Waals surface area contributed by atoms with Gasteiger partial charge in [0.2, 0.25) is 5.91 Å². The molecule has 1 aliphatic heterocycles. The minimum Gasteiger partial charge on any atom is -0.311 e. The Morgan fingerprint density at radius 3 is 2.53 bits per heavy atom. The third kappa shape index (κ3) is 2.46. The third-order valence-electron chi connectivity index (χ3n) is 3.56. The summed E-state index contributed by atoms with van der Waals surface area (Å²) >= 11 is 0. The zero-order valence-electron chi connectivity index (χ0n) is 11.4. The summed E-state index contributed by atoms with van der Waals surface area (Å²) in [4.78, 5) is 25.4. The van der Waals surface area contributed by atoms with Gasteiger partial charge in [0.1, 0.15) is 6.29 Å². The average molecular weight is 257 g/mol. The van der Waals surface area contributed by atoms with E-state index in [1.807, 2.05) is 30.3 Å². The molecule has 1 amide bonds. The molecule has 0 aliphatic carbocycles. The zero-order chi connectivity index (χ0) is 13.8. The Labute approximate surface area is 113 Å². The lowest BCUT2D eigenvalue weighted by molar-refractivity contribution is -0.129. The first-order valence-electron chi connectivity index (χ1n) is 6.76. The fourth-order valence-electron chi connectivity index (χ4n) is 2.45. The van der Waals surface area contributed by atoms with Crippen LogP contribution in [0.1, 0.15) is 32.3 Å². The van der Waals surface area contributed by atoms with Gasteiger partial charge in [-0.3, -0.25) is 9.59 Å². The molecule has 19 heavy (non-hydrogen) atoms. The van der Waals surface area contributed by atoms with E-state index in [1.54, 1.807) is 11.8 Å². The molecule has 1 aromatic rings. The molecule has 0 spiro atoms. The molecular weight excluding hydrogens is 238 g/mol. The van der Waals surface area contributed by atoms with Crippen LogP contribution >= 0.6 is 0 Å². The van der Waals surface area contributed by atoms with Crippen LogP contribution < -0.4 is 0 Å². The Bertz CT molecular complexity index is 505. The minimum absolute atomic E-state index is 0.0365. The highest BCUT2D eigenvalue weighted by Gasteiger charge is 2.36. The molecule has 100 valence electrons. The van der Waals surface area contributed by atoms with Gasteiger partial charge in [0.05, 0.1) is 11.6 Å². The van der Waals surface area contributed by atoms with Crippen LogP contribution in [0.4, 0.5) is 0 Å². The standard InChI is InChI=1S/C16H19NO2/c1-3-4-10-17-15(13-8-6-5-7-9-13)14(11-18)12(2)16(17)19/h5-9,11-12H,3-4,10H2,1-2H3. The second kappa shape index (κ2) is 5.83. The van der Waals surface area contributed by atoms with Crippen molar-refractivity contribution in [2.75, 3.05) is 6.54 Å². The van der Waals surface area contributed by atoms with Crippen molar-refractivity contribution in [3.05, 3.63) is 41.5 Å². The van der Waals surface area contributed by atoms with Crippen LogP contribution in [0.2, 0.25) is 0 Å². The van der Waals surface area contributed by atoms with Gasteiger partial charge in [-0.2, -0.15) is 0 Å². The number of nitrogens with zero attached hydrogens (tertiary/aromatic N) is 1. The van der Waals surface area contributed by atoms with Gasteiger partial charge >= 0.3 is 0 Å². The van der Waals surface area contributed by atoms with Crippen molar-refractivity contribution in [1.29, 1.82) is 0 Å². The van der Waals surface area contributed by atoms with Crippen LogP contribution in [-0.4, -0.2) is 23.6 Å². The van der Waals surface area contributed by atoms with Gasteiger partial charge in [-0.1, -0.05) is 43.7 Å². The Morgan fingerprint density at radius 2 is 1.95 bits per heavy atom. The molecule has 1 heterocycles. The fourth-order valence-corrected chi connectivity index (χ4v) is 2.45. The van der Waals surface area contributed by atoms with Crippen molar-refractivity contribution in [3.8, 4) is 0 Å². The highest BCUT2D eigenvalue weighted by Crippen LogP contribution is 2.35. The molecule has 0 aromatic heterocycles. The van der Waals surface area contributed by atoms with E-state index in [9.17, 15) is 9.59 Å². The van der Waals surface area contributed by atoms with Crippen molar-refractivity contribution < 1.29 is 9.59 Å². The van der Waals surface area contributed by atoms with Gasteiger partial charge in [-0.25, -0.2) is 0 Å². The van der Waals surface area contributed by atoms with Gasteiger partial charge in [-0.05, 0) is 18.9 Å². The lowest BCUT2D eigenvalue weighted by atomic mass is 10.0. The Balaban J connectivity index is 2.45. The Hall–Kier alpha value is -1.90. The second-order valence-corrected chi connectivity index (χ2v) is 4.85. The number of aldehydes is 1. The van der Waals surface area contributed by atoms with Gasteiger partial charge in [0.15, 0.2) is 0 Å². The molecule has 2 rings (SSSR count). The summed E-state index contributed by atoms with van der Waals surface area (Å²) in [6.07, 6.45) is 2.80. The topological polar surface area (TPSA) is 37.4 Å². The van der Waals surface area contributed by atoms with E-state index in [-0.39, 0.29) is 11.8 Å². The first kappa shape index (κ1) is 13.5. The summed E-state index contributed by atoms with van der Waals surface area (Å²) in [5, 5.41) is 0. The predicted octanol–water partition coefficient (Wildman–Crippen LogP) is 2.88. The minimum atomic E-state index is -0.329. The molecule has 3 nitrogen and oxygen atoms in total. The molecule has 0 bridgehead atoms. The van der Waals surface area contributed by atoms with E-state index in [0.29, 0.717) is 12.1 Å². The summed E-state index contributed by atoms with van der Waals surface area (Å²) < 4.78 is 0. The molecule has 0 saturated carbocycles. The van der Waals surface area contributed by atoms with Crippen molar-refractivity contribution >= 4 is 17.9 Å². The van der Waals surface area contributed by atoms with Crippen molar-refractivity contribution in [2.45, 2.75) is 26.7 Å². The molecule has 1 aromatic carbocycles. The summed E-state index contributed by atoms with van der Waals surface area (Å²) in [5.74, 6) is -0.293. The highest BCUT2D eigenvalue weighted by atomic mass is 16.2. The zero-order valence-corrected chi connectivity index (χ0v) is 11.4. The van der Waals surface area contributed by atoms with E-state index in [4.69, 9.17) is 0 Å². The van der Waals surface area contributed by atoms with Crippen molar-refractivity contribution in [3.63, 3.8) is 0 Å². The van der Waals surface area contributed by atoms with Crippen LogP contribution in [0.15, 0.2) is 35.9 Å². The molecule has 0 fully saturated rings. The lowest BCUT2D eigenvalue weighted by Crippen LogP contribution is -2.28. The SMILES string of the molecule is CCCCN1C(=O)C(C)C(C=O)=C1c1ccccc1. The van der Waals surface area contributed by atoms with E-state index < -0.39 is 0 Å². The first-order valence-corrected chi connectivity index (χ1v) is 6.76. The molecule has 1 unspecified atom stereocenters. The number of unbranched alkanes of at least 4 members (excludes halogenated alkanes) is 1. The first-order chi connectivity index (χ1) is 9.20. The number of amides is 1. The van der Waals surface area contributed by atoms with E-state index in [2.05, 4.69) is 6.92 Å². The maximum Gasteiger partial charge on any atom is 0.234 e. The summed E-state index contributed by atoms with van der Waals surface area (Å²) in [6.45, 7) is 4.58. The van der Waals surface area contributed by atoms with Crippen LogP contribution in [0.5, 0.6) is 0 Å². The number of benzene rings is 1. The van der Waals surface area contributed by atoms with Crippen LogP contribution in [0.25, 0.3) is 5.70 Å². The van der Waals surface area contributed by atoms with Crippen LogP contribution in [0.3, 0.4) is 0 Å². The predicted molar refractivity (Wildman–Crippen MR) is 75.2 cm³/mol. The largest absolute Gasteiger partial charge is 0.311 e. The average Bonchev–Trinajstić information content (AvgIpc) is 2.69. The Kier molecular flexibility index (Phi) is 4.15. The summed E-state index contributed by atoms with van der Waals surface area (Å²) in [6, 6.07) is 9.68. The molecule has 0 N–H and O–H groups in total. The third-order valence-corrected chi connectivity index (χ3v) is 3.56. The number of carbonyl (C=O) groups excluding carboxylic acids is 2. The molecule has 3 heteroatoms. The maximum absolute atomic E-state index is 12.3. The quantitative estimate of drug-likeness (QED) is 0.761. The summed E-state index contributed by atoms with van der Waals surface area (Å²) in [5.41, 5.74) is 2.34. The number of carbonyl (C=O) groups is 2. The molecule has 1 atom stereocenters. The van der Waals surface area contributed by atoms with Crippen LogP contribution in [0, 0.1) is 5.92 Å². The monoisotopic (exact) mass is 257 g/mol. The number of rotatable bonds is 5. The number of hydrogen-bond donors (Lipinski definition) is 0. The van der Waals surface area contributed by atoms with Crippen LogP contribution in [-0.2, 0) is 9.59 Å². The molecular formula is C16H19NO2. The molecule has 0 saturated heterocycles. The number of hydrogen-bond acceptors (Lipinski definition) is 2. The van der Waals surface area contributed by atoms with Gasteiger partial charge in [0, 0.05) is 12.1 Å². The Morgan fingerprint density at radius 1 is 1.26 bits per heavy atom. The van der Waals surface area contributed by atoms with E-state index in [0.717, 1.165) is 30.4 Å².